The topological polar surface area (TPSA) is 105 Å². The predicted octanol–water partition coefficient (Wildman–Crippen LogP) is 4.79. The SMILES string of the molecule is CC(C)N1c2c(cc(C(=O)Nc3ccc(OC(F)(F)Cl)cc3)cc2-c2cncnc2)CC1C(=O)O. The van der Waals surface area contributed by atoms with Crippen LogP contribution in [0, 0.1) is 0 Å². The Balaban J connectivity index is 1.70. The Bertz CT molecular complexity index is 1250. The monoisotopic (exact) mass is 502 g/mol. The summed E-state index contributed by atoms with van der Waals surface area (Å²) < 4.78 is 29.9. The Morgan fingerprint density at radius 3 is 2.43 bits per heavy atom. The molecule has 35 heavy (non-hydrogen) atoms. The number of anilines is 2. The fourth-order valence-electron chi connectivity index (χ4n) is 4.17. The Kier molecular flexibility index (Phi) is 6.58. The molecule has 0 aliphatic carbocycles. The number of nitrogens with one attached hydrogen (secondary N) is 1. The lowest BCUT2D eigenvalue weighted by molar-refractivity contribution is -0.138. The number of aliphatic carboxylic acids is 1. The maximum atomic E-state index is 13.1. The van der Waals surface area contributed by atoms with Gasteiger partial charge in [-0.05, 0) is 55.8 Å². The van der Waals surface area contributed by atoms with E-state index < -0.39 is 23.5 Å². The van der Waals surface area contributed by atoms with Gasteiger partial charge in [0.1, 0.15) is 18.1 Å². The zero-order valence-corrected chi connectivity index (χ0v) is 19.5. The van der Waals surface area contributed by atoms with Crippen molar-refractivity contribution >= 4 is 34.9 Å². The zero-order chi connectivity index (χ0) is 25.3. The standard InChI is InChI=1S/C24H21ClF2N4O4/c1-13(2)31-20(23(33)34)9-14-7-15(8-19(21(14)31)16-10-28-12-29-11-16)22(32)30-17-3-5-18(6-4-17)35-24(25,26)27/h3-8,10-13,20H,9H2,1-2H3,(H,30,32)(H,33,34). The first-order chi connectivity index (χ1) is 16.5. The molecule has 0 saturated carbocycles. The zero-order valence-electron chi connectivity index (χ0n) is 18.7. The number of carboxylic acid groups (broad SMARTS) is 1. The minimum Gasteiger partial charge on any atom is -0.480 e. The van der Waals surface area contributed by atoms with Gasteiger partial charge in [0.05, 0.1) is 0 Å². The third-order valence-corrected chi connectivity index (χ3v) is 5.59. The second kappa shape index (κ2) is 9.46. The number of rotatable bonds is 7. The van der Waals surface area contributed by atoms with Gasteiger partial charge in [-0.15, -0.1) is 8.78 Å². The van der Waals surface area contributed by atoms with E-state index in [1.54, 1.807) is 24.5 Å². The number of carbonyl (C=O) groups is 2. The van der Waals surface area contributed by atoms with Gasteiger partial charge >= 0.3 is 11.5 Å². The van der Waals surface area contributed by atoms with Crippen LogP contribution in [-0.4, -0.2) is 44.6 Å². The number of ether oxygens (including phenoxy) is 1. The Hall–Kier alpha value is -3.79. The third-order valence-electron chi connectivity index (χ3n) is 5.52. The van der Waals surface area contributed by atoms with Gasteiger partial charge in [0, 0.05) is 64.5 Å². The number of fused-ring (bicyclic) bond motifs is 1. The number of nitrogens with zero attached hydrogens (tertiary/aromatic N) is 3. The summed E-state index contributed by atoms with van der Waals surface area (Å²) in [6.45, 7) is 3.81. The van der Waals surface area contributed by atoms with Crippen molar-refractivity contribution in [3.63, 3.8) is 0 Å². The van der Waals surface area contributed by atoms with E-state index in [4.69, 9.17) is 11.6 Å². The Morgan fingerprint density at radius 2 is 1.86 bits per heavy atom. The number of carbonyl (C=O) groups excluding carboxylic acids is 1. The summed E-state index contributed by atoms with van der Waals surface area (Å²) in [5.74, 6) is -1.58. The molecular weight excluding hydrogens is 482 g/mol. The molecule has 0 radical (unpaired) electrons. The Labute approximate surface area is 204 Å². The van der Waals surface area contributed by atoms with E-state index in [0.717, 1.165) is 5.69 Å². The molecule has 2 N–H and O–H groups in total. The van der Waals surface area contributed by atoms with Crippen LogP contribution >= 0.6 is 11.6 Å². The van der Waals surface area contributed by atoms with Gasteiger partial charge in [-0.1, -0.05) is 0 Å². The molecule has 1 aliphatic rings. The molecule has 8 nitrogen and oxygen atoms in total. The number of carboxylic acids is 1. The van der Waals surface area contributed by atoms with Crippen molar-refractivity contribution in [3.05, 3.63) is 66.2 Å². The molecular formula is C24H21ClF2N4O4. The van der Waals surface area contributed by atoms with Crippen LogP contribution in [0.5, 0.6) is 5.75 Å². The summed E-state index contributed by atoms with van der Waals surface area (Å²) in [5, 5.41) is 12.5. The van der Waals surface area contributed by atoms with Crippen molar-refractivity contribution in [3.8, 4) is 16.9 Å². The van der Waals surface area contributed by atoms with Crippen LogP contribution in [-0.2, 0) is 11.2 Å². The summed E-state index contributed by atoms with van der Waals surface area (Å²) in [6, 6.07) is 7.74. The number of benzene rings is 2. The van der Waals surface area contributed by atoms with Crippen LogP contribution < -0.4 is 15.0 Å². The van der Waals surface area contributed by atoms with Crippen LogP contribution in [0.15, 0.2) is 55.1 Å². The fraction of sp³-hybridized carbons (Fsp3) is 0.250. The largest absolute Gasteiger partial charge is 0.487 e. The van der Waals surface area contributed by atoms with Crippen LogP contribution in [0.1, 0.15) is 29.8 Å². The summed E-state index contributed by atoms with van der Waals surface area (Å²) in [6.07, 6.45) is 4.81. The smallest absolute Gasteiger partial charge is 0.480 e. The lowest BCUT2D eigenvalue weighted by Gasteiger charge is -2.30. The molecule has 1 aromatic heterocycles. The minimum absolute atomic E-state index is 0.110. The van der Waals surface area contributed by atoms with Crippen molar-refractivity contribution in [1.82, 2.24) is 9.97 Å². The van der Waals surface area contributed by atoms with Gasteiger partial charge in [-0.2, -0.15) is 0 Å². The first kappa shape index (κ1) is 24.3. The summed E-state index contributed by atoms with van der Waals surface area (Å²) in [4.78, 5) is 35.1. The highest BCUT2D eigenvalue weighted by molar-refractivity contribution is 6.20. The second-order valence-corrected chi connectivity index (χ2v) is 8.68. The molecule has 182 valence electrons. The molecule has 2 aromatic carbocycles. The van der Waals surface area contributed by atoms with Gasteiger partial charge in [-0.3, -0.25) is 4.79 Å². The average Bonchev–Trinajstić information content (AvgIpc) is 3.20. The molecule has 0 bridgehead atoms. The highest BCUT2D eigenvalue weighted by atomic mass is 35.5. The van der Waals surface area contributed by atoms with Gasteiger partial charge < -0.3 is 20.1 Å². The molecule has 11 heteroatoms. The molecule has 3 aromatic rings. The summed E-state index contributed by atoms with van der Waals surface area (Å²) in [7, 11) is 0. The molecule has 0 spiro atoms. The first-order valence-corrected chi connectivity index (χ1v) is 11.0. The number of amides is 1. The number of aromatic nitrogens is 2. The normalized spacial score (nSPS) is 15.1. The van der Waals surface area contributed by atoms with E-state index in [9.17, 15) is 23.5 Å². The van der Waals surface area contributed by atoms with Crippen LogP contribution in [0.4, 0.5) is 20.2 Å². The van der Waals surface area contributed by atoms with Gasteiger partial charge in [0.2, 0.25) is 0 Å². The van der Waals surface area contributed by atoms with Crippen molar-refractivity contribution in [1.29, 1.82) is 0 Å². The number of halogens is 3. The van der Waals surface area contributed by atoms with E-state index in [2.05, 4.69) is 20.0 Å². The van der Waals surface area contributed by atoms with E-state index in [1.807, 2.05) is 18.7 Å². The van der Waals surface area contributed by atoms with Crippen LogP contribution in [0.2, 0.25) is 0 Å². The van der Waals surface area contributed by atoms with E-state index in [1.165, 1.54) is 30.6 Å². The number of hydrogen-bond donors (Lipinski definition) is 2. The maximum absolute atomic E-state index is 13.1. The minimum atomic E-state index is -3.84. The molecule has 0 fully saturated rings. The van der Waals surface area contributed by atoms with E-state index in [0.29, 0.717) is 27.9 Å². The molecule has 1 atom stereocenters. The predicted molar refractivity (Wildman–Crippen MR) is 126 cm³/mol. The summed E-state index contributed by atoms with van der Waals surface area (Å²) >= 11 is 4.77. The molecule has 1 amide bonds. The molecule has 2 heterocycles. The van der Waals surface area contributed by atoms with E-state index >= 15 is 0 Å². The molecule has 0 saturated heterocycles. The Morgan fingerprint density at radius 1 is 1.20 bits per heavy atom. The molecule has 1 unspecified atom stereocenters. The number of hydrogen-bond acceptors (Lipinski definition) is 6. The van der Waals surface area contributed by atoms with Gasteiger partial charge in [-0.25, -0.2) is 14.8 Å². The van der Waals surface area contributed by atoms with Crippen molar-refractivity contribution in [2.24, 2.45) is 0 Å². The van der Waals surface area contributed by atoms with Crippen LogP contribution in [0.3, 0.4) is 0 Å². The van der Waals surface area contributed by atoms with Crippen molar-refractivity contribution in [2.75, 3.05) is 10.2 Å². The highest BCUT2D eigenvalue weighted by Crippen LogP contribution is 2.42. The molecule has 4 rings (SSSR count). The van der Waals surface area contributed by atoms with Gasteiger partial charge in [0.25, 0.3) is 5.91 Å². The van der Waals surface area contributed by atoms with Crippen molar-refractivity contribution in [2.45, 2.75) is 37.9 Å². The first-order valence-electron chi connectivity index (χ1n) is 10.6. The fourth-order valence-corrected chi connectivity index (χ4v) is 4.26. The van der Waals surface area contributed by atoms with E-state index in [-0.39, 0.29) is 18.2 Å². The third kappa shape index (κ3) is 5.32. The number of alkyl halides is 3. The summed E-state index contributed by atoms with van der Waals surface area (Å²) in [5.41, 5.74) is -0.488. The van der Waals surface area contributed by atoms with Crippen LogP contribution in [0.25, 0.3) is 11.1 Å². The molecule has 1 aliphatic heterocycles. The maximum Gasteiger partial charge on any atom is 0.487 e. The quantitative estimate of drug-likeness (QED) is 0.448. The van der Waals surface area contributed by atoms with Gasteiger partial charge in [0.15, 0.2) is 0 Å². The second-order valence-electron chi connectivity index (χ2n) is 8.24. The lowest BCUT2D eigenvalue weighted by Crippen LogP contribution is -2.43. The average molecular weight is 503 g/mol. The van der Waals surface area contributed by atoms with Crippen molar-refractivity contribution < 1.29 is 28.2 Å². The lowest BCUT2D eigenvalue weighted by atomic mass is 9.97. The highest BCUT2D eigenvalue weighted by Gasteiger charge is 2.38.